The van der Waals surface area contributed by atoms with Gasteiger partial charge in [0, 0.05) is 63.2 Å². The Morgan fingerprint density at radius 3 is 2.64 bits per heavy atom. The van der Waals surface area contributed by atoms with Crippen LogP contribution in [0.5, 0.6) is 5.75 Å². The molecule has 0 spiro atoms. The first-order valence-electron chi connectivity index (χ1n) is 12.3. The van der Waals surface area contributed by atoms with Gasteiger partial charge < -0.3 is 24.6 Å². The number of amides is 3. The fraction of sp³-hybridized carbons (Fsp3) is 0.481. The summed E-state index contributed by atoms with van der Waals surface area (Å²) in [5, 5.41) is 2.81. The van der Waals surface area contributed by atoms with E-state index in [1.54, 1.807) is 55.3 Å². The minimum Gasteiger partial charge on any atom is -0.491 e. The fourth-order valence-electron chi connectivity index (χ4n) is 4.21. The van der Waals surface area contributed by atoms with Gasteiger partial charge in [-0.15, -0.1) is 0 Å². The van der Waals surface area contributed by atoms with Crippen molar-refractivity contribution in [3.63, 3.8) is 0 Å². The highest BCUT2D eigenvalue weighted by molar-refractivity contribution is 5.98. The van der Waals surface area contributed by atoms with E-state index in [-0.39, 0.29) is 48.8 Å². The SMILES string of the molecule is CCC(=O)Nc1ccc2c(c1)OC[C@@H](C)N(C(=O)Cc1ccccn1)C[C@@H](C)[C@H](OC)CN(C)C2=O. The van der Waals surface area contributed by atoms with Gasteiger partial charge in [0.05, 0.1) is 24.1 Å². The van der Waals surface area contributed by atoms with Crippen LogP contribution in [0.4, 0.5) is 5.69 Å². The largest absolute Gasteiger partial charge is 0.491 e. The number of hydrogen-bond donors (Lipinski definition) is 1. The molecule has 0 bridgehead atoms. The van der Waals surface area contributed by atoms with Crippen molar-refractivity contribution >= 4 is 23.4 Å². The third-order valence-electron chi connectivity index (χ3n) is 6.43. The van der Waals surface area contributed by atoms with Gasteiger partial charge in [0.15, 0.2) is 0 Å². The Bertz CT molecular complexity index is 1060. The summed E-state index contributed by atoms with van der Waals surface area (Å²) in [7, 11) is 3.34. The molecule has 9 heteroatoms. The number of rotatable bonds is 5. The number of aromatic nitrogens is 1. The quantitative estimate of drug-likeness (QED) is 0.683. The normalized spacial score (nSPS) is 21.0. The topological polar surface area (TPSA) is 101 Å². The van der Waals surface area contributed by atoms with E-state index in [4.69, 9.17) is 9.47 Å². The smallest absolute Gasteiger partial charge is 0.257 e. The second kappa shape index (κ2) is 12.5. The lowest BCUT2D eigenvalue weighted by Gasteiger charge is -2.36. The number of likely N-dealkylation sites (N-methyl/N-ethyl adjacent to an activating group) is 1. The molecule has 3 amide bonds. The fourth-order valence-corrected chi connectivity index (χ4v) is 4.21. The van der Waals surface area contributed by atoms with E-state index in [9.17, 15) is 14.4 Å². The Morgan fingerprint density at radius 2 is 1.97 bits per heavy atom. The Hall–Kier alpha value is -3.46. The van der Waals surface area contributed by atoms with Gasteiger partial charge in [-0.05, 0) is 31.2 Å². The summed E-state index contributed by atoms with van der Waals surface area (Å²) in [5.41, 5.74) is 1.63. The first-order valence-corrected chi connectivity index (χ1v) is 12.3. The van der Waals surface area contributed by atoms with Crippen molar-refractivity contribution in [2.45, 2.75) is 45.8 Å². The zero-order valence-corrected chi connectivity index (χ0v) is 21.7. The maximum absolute atomic E-state index is 13.4. The molecule has 2 aromatic rings. The Labute approximate surface area is 212 Å². The number of pyridine rings is 1. The van der Waals surface area contributed by atoms with E-state index < -0.39 is 0 Å². The molecule has 194 valence electrons. The number of methoxy groups -OCH3 is 1. The van der Waals surface area contributed by atoms with Gasteiger partial charge in [-0.3, -0.25) is 19.4 Å². The summed E-state index contributed by atoms with van der Waals surface area (Å²) in [6.07, 6.45) is 1.91. The number of anilines is 1. The van der Waals surface area contributed by atoms with Crippen LogP contribution in [0.15, 0.2) is 42.6 Å². The van der Waals surface area contributed by atoms with Crippen LogP contribution in [0, 0.1) is 5.92 Å². The number of fused-ring (bicyclic) bond motifs is 1. The first kappa shape index (κ1) is 27.1. The number of nitrogens with one attached hydrogen (secondary N) is 1. The van der Waals surface area contributed by atoms with Gasteiger partial charge in [0.25, 0.3) is 5.91 Å². The minimum absolute atomic E-state index is 0.0362. The lowest BCUT2D eigenvalue weighted by Crippen LogP contribution is -2.49. The molecule has 0 aliphatic carbocycles. The Morgan fingerprint density at radius 1 is 1.19 bits per heavy atom. The van der Waals surface area contributed by atoms with E-state index in [1.807, 2.05) is 32.0 Å². The van der Waals surface area contributed by atoms with Gasteiger partial charge in [0.1, 0.15) is 12.4 Å². The lowest BCUT2D eigenvalue weighted by molar-refractivity contribution is -0.134. The summed E-state index contributed by atoms with van der Waals surface area (Å²) >= 11 is 0. The van der Waals surface area contributed by atoms with E-state index >= 15 is 0 Å². The van der Waals surface area contributed by atoms with Crippen LogP contribution < -0.4 is 10.1 Å². The van der Waals surface area contributed by atoms with Gasteiger partial charge >= 0.3 is 0 Å². The second-order valence-corrected chi connectivity index (χ2v) is 9.25. The van der Waals surface area contributed by atoms with Gasteiger partial charge in [0.2, 0.25) is 11.8 Å². The van der Waals surface area contributed by atoms with Gasteiger partial charge in [-0.2, -0.15) is 0 Å². The van der Waals surface area contributed by atoms with Crippen molar-refractivity contribution in [3.8, 4) is 5.75 Å². The monoisotopic (exact) mass is 496 g/mol. The minimum atomic E-state index is -0.282. The van der Waals surface area contributed by atoms with Crippen LogP contribution >= 0.6 is 0 Å². The second-order valence-electron chi connectivity index (χ2n) is 9.25. The van der Waals surface area contributed by atoms with Crippen LogP contribution in [0.25, 0.3) is 0 Å². The molecule has 2 heterocycles. The van der Waals surface area contributed by atoms with Gasteiger partial charge in [-0.25, -0.2) is 0 Å². The maximum Gasteiger partial charge on any atom is 0.257 e. The summed E-state index contributed by atoms with van der Waals surface area (Å²) in [4.78, 5) is 46.3. The molecule has 1 aromatic carbocycles. The zero-order chi connectivity index (χ0) is 26.2. The zero-order valence-electron chi connectivity index (χ0n) is 21.7. The standard InChI is InChI=1S/C27H36N4O5/c1-6-25(32)29-21-10-11-22-23(13-21)36-17-19(3)31(26(33)14-20-9-7-8-12-28-20)15-18(2)24(35-5)16-30(4)27(22)34/h7-13,18-19,24H,6,14-17H2,1-5H3,(H,29,32)/t18-,19-,24-/m1/s1. The van der Waals surface area contributed by atoms with Crippen molar-refractivity contribution in [3.05, 3.63) is 53.9 Å². The molecular formula is C27H36N4O5. The molecule has 0 fully saturated rings. The maximum atomic E-state index is 13.4. The first-order chi connectivity index (χ1) is 17.2. The molecule has 1 aliphatic rings. The van der Waals surface area contributed by atoms with Crippen LogP contribution in [-0.2, 0) is 20.7 Å². The summed E-state index contributed by atoms with van der Waals surface area (Å²) in [5.74, 6) is -0.0810. The lowest BCUT2D eigenvalue weighted by atomic mass is 10.0. The Kier molecular flexibility index (Phi) is 9.41. The number of nitrogens with zero attached hydrogens (tertiary/aromatic N) is 3. The number of hydrogen-bond acceptors (Lipinski definition) is 6. The van der Waals surface area contributed by atoms with Crippen molar-refractivity contribution in [2.75, 3.05) is 39.2 Å². The molecule has 0 unspecified atom stereocenters. The van der Waals surface area contributed by atoms with Crippen molar-refractivity contribution in [2.24, 2.45) is 5.92 Å². The van der Waals surface area contributed by atoms with Crippen molar-refractivity contribution in [1.82, 2.24) is 14.8 Å². The molecule has 0 radical (unpaired) electrons. The third kappa shape index (κ3) is 6.81. The number of benzene rings is 1. The number of carbonyl (C=O) groups excluding carboxylic acids is 3. The summed E-state index contributed by atoms with van der Waals surface area (Å²) in [6, 6.07) is 10.2. The average Bonchev–Trinajstić information content (AvgIpc) is 2.88. The molecular weight excluding hydrogens is 460 g/mol. The van der Waals surface area contributed by atoms with E-state index in [0.717, 1.165) is 0 Å². The molecule has 1 aliphatic heterocycles. The predicted molar refractivity (Wildman–Crippen MR) is 137 cm³/mol. The number of ether oxygens (including phenoxy) is 2. The highest BCUT2D eigenvalue weighted by Gasteiger charge is 2.30. The van der Waals surface area contributed by atoms with Crippen LogP contribution in [0.3, 0.4) is 0 Å². The molecule has 0 saturated carbocycles. The van der Waals surface area contributed by atoms with Crippen LogP contribution in [0.1, 0.15) is 43.2 Å². The van der Waals surface area contributed by atoms with Crippen LogP contribution in [-0.4, -0.2) is 78.5 Å². The van der Waals surface area contributed by atoms with Crippen molar-refractivity contribution < 1.29 is 23.9 Å². The predicted octanol–water partition coefficient (Wildman–Crippen LogP) is 3.01. The molecule has 36 heavy (non-hydrogen) atoms. The molecule has 3 atom stereocenters. The molecule has 9 nitrogen and oxygen atoms in total. The van der Waals surface area contributed by atoms with Gasteiger partial charge in [-0.1, -0.05) is 19.9 Å². The van der Waals surface area contributed by atoms with E-state index in [2.05, 4.69) is 10.3 Å². The van der Waals surface area contributed by atoms with E-state index in [0.29, 0.717) is 42.2 Å². The highest BCUT2D eigenvalue weighted by atomic mass is 16.5. The average molecular weight is 497 g/mol. The molecule has 3 rings (SSSR count). The third-order valence-corrected chi connectivity index (χ3v) is 6.43. The van der Waals surface area contributed by atoms with Crippen LogP contribution in [0.2, 0.25) is 0 Å². The Balaban J connectivity index is 1.94. The summed E-state index contributed by atoms with van der Waals surface area (Å²) in [6.45, 7) is 6.67. The van der Waals surface area contributed by atoms with Crippen molar-refractivity contribution in [1.29, 1.82) is 0 Å². The molecule has 0 saturated heterocycles. The molecule has 1 aromatic heterocycles. The number of carbonyl (C=O) groups is 3. The highest BCUT2D eigenvalue weighted by Crippen LogP contribution is 2.27. The molecule has 1 N–H and O–H groups in total. The summed E-state index contributed by atoms with van der Waals surface area (Å²) < 4.78 is 11.9. The van der Waals surface area contributed by atoms with E-state index in [1.165, 1.54) is 0 Å².